The molecule has 1 aromatic heterocycles. The SMILES string of the molecule is CCc1cc2cc(F)ccc2n1C1CCN(CCCSc2cccc(C(=O)O)c2)CC1. The standard InChI is InChI=1S/C25H29FN2O2S/c1-2-21-16-19-15-20(26)7-8-24(19)28(21)22-9-12-27(13-10-22)11-4-14-31-23-6-3-5-18(17-23)25(29)30/h3,5-8,15-17,22H,2,4,9-14H2,1H3,(H,29,30). The number of fused-ring (bicyclic) bond motifs is 1. The van der Waals surface area contributed by atoms with Crippen molar-refractivity contribution in [1.29, 1.82) is 0 Å². The van der Waals surface area contributed by atoms with Gasteiger partial charge in [0.05, 0.1) is 5.56 Å². The number of nitrogens with zero attached hydrogens (tertiary/aromatic N) is 2. The van der Waals surface area contributed by atoms with Gasteiger partial charge in [0.15, 0.2) is 0 Å². The first-order chi connectivity index (χ1) is 15.0. The predicted octanol–water partition coefficient (Wildman–Crippen LogP) is 5.86. The molecule has 0 amide bonds. The number of piperidine rings is 1. The Bertz CT molecular complexity index is 1060. The quantitative estimate of drug-likeness (QED) is 0.352. The molecule has 164 valence electrons. The van der Waals surface area contributed by atoms with Crippen LogP contribution in [0.3, 0.4) is 0 Å². The van der Waals surface area contributed by atoms with Crippen molar-refractivity contribution in [1.82, 2.24) is 9.47 Å². The largest absolute Gasteiger partial charge is 0.478 e. The Kier molecular flexibility index (Phi) is 6.98. The van der Waals surface area contributed by atoms with Gasteiger partial charge in [-0.25, -0.2) is 9.18 Å². The van der Waals surface area contributed by atoms with E-state index in [1.165, 1.54) is 5.69 Å². The van der Waals surface area contributed by atoms with E-state index in [4.69, 9.17) is 5.11 Å². The summed E-state index contributed by atoms with van der Waals surface area (Å²) in [6.07, 6.45) is 4.26. The van der Waals surface area contributed by atoms with E-state index in [9.17, 15) is 9.18 Å². The third kappa shape index (κ3) is 5.13. The van der Waals surface area contributed by atoms with Crippen molar-refractivity contribution >= 4 is 28.6 Å². The van der Waals surface area contributed by atoms with E-state index in [0.29, 0.717) is 11.6 Å². The lowest BCUT2D eigenvalue weighted by Gasteiger charge is -2.34. The number of carboxylic acids is 1. The summed E-state index contributed by atoms with van der Waals surface area (Å²) >= 11 is 1.72. The number of likely N-dealkylation sites (tertiary alicyclic amines) is 1. The molecule has 31 heavy (non-hydrogen) atoms. The maximum atomic E-state index is 13.6. The number of aromatic carboxylic acids is 1. The lowest BCUT2D eigenvalue weighted by Crippen LogP contribution is -2.35. The zero-order valence-electron chi connectivity index (χ0n) is 17.9. The van der Waals surface area contributed by atoms with Gasteiger partial charge in [-0.15, -0.1) is 11.8 Å². The molecular weight excluding hydrogens is 411 g/mol. The van der Waals surface area contributed by atoms with Crippen molar-refractivity contribution in [2.24, 2.45) is 0 Å². The summed E-state index contributed by atoms with van der Waals surface area (Å²) in [7, 11) is 0. The molecule has 1 aliphatic heterocycles. The Balaban J connectivity index is 1.28. The molecular formula is C25H29FN2O2S. The molecule has 1 fully saturated rings. The molecule has 1 N–H and O–H groups in total. The summed E-state index contributed by atoms with van der Waals surface area (Å²) in [5.74, 6) is -0.0663. The summed E-state index contributed by atoms with van der Waals surface area (Å²) in [6, 6.07) is 14.9. The minimum Gasteiger partial charge on any atom is -0.478 e. The van der Waals surface area contributed by atoms with Gasteiger partial charge in [-0.1, -0.05) is 13.0 Å². The Morgan fingerprint density at radius 3 is 2.71 bits per heavy atom. The summed E-state index contributed by atoms with van der Waals surface area (Å²) in [4.78, 5) is 14.6. The van der Waals surface area contributed by atoms with Crippen LogP contribution in [0.1, 0.15) is 48.3 Å². The lowest BCUT2D eigenvalue weighted by molar-refractivity contribution is 0.0696. The third-order valence-corrected chi connectivity index (χ3v) is 7.21. The second-order valence-corrected chi connectivity index (χ2v) is 9.34. The van der Waals surface area contributed by atoms with E-state index in [1.807, 2.05) is 12.1 Å². The molecule has 0 spiro atoms. The number of thioether (sulfide) groups is 1. The van der Waals surface area contributed by atoms with Crippen LogP contribution in [0.4, 0.5) is 4.39 Å². The van der Waals surface area contributed by atoms with Crippen molar-refractivity contribution in [2.45, 2.75) is 43.5 Å². The molecule has 0 saturated carbocycles. The van der Waals surface area contributed by atoms with Gasteiger partial charge in [0.2, 0.25) is 0 Å². The number of carbonyl (C=O) groups is 1. The zero-order chi connectivity index (χ0) is 21.8. The van der Waals surface area contributed by atoms with E-state index in [-0.39, 0.29) is 5.82 Å². The van der Waals surface area contributed by atoms with Crippen LogP contribution in [0, 0.1) is 5.82 Å². The number of benzene rings is 2. The number of aryl methyl sites for hydroxylation is 1. The van der Waals surface area contributed by atoms with Gasteiger partial charge in [0, 0.05) is 40.6 Å². The Hall–Kier alpha value is -2.31. The van der Waals surface area contributed by atoms with Gasteiger partial charge in [0.1, 0.15) is 5.82 Å². The fraction of sp³-hybridized carbons (Fsp3) is 0.400. The van der Waals surface area contributed by atoms with Gasteiger partial charge < -0.3 is 14.6 Å². The van der Waals surface area contributed by atoms with Gasteiger partial charge in [-0.05, 0) is 80.4 Å². The number of carboxylic acid groups (broad SMARTS) is 1. The first-order valence-corrected chi connectivity index (χ1v) is 12.0. The molecule has 4 rings (SSSR count). The van der Waals surface area contributed by atoms with Gasteiger partial charge >= 0.3 is 5.97 Å². The molecule has 0 unspecified atom stereocenters. The fourth-order valence-electron chi connectivity index (χ4n) is 4.57. The number of rotatable bonds is 8. The summed E-state index contributed by atoms with van der Waals surface area (Å²) in [5.41, 5.74) is 2.79. The highest BCUT2D eigenvalue weighted by atomic mass is 32.2. The number of hydrogen-bond donors (Lipinski definition) is 1. The van der Waals surface area contributed by atoms with Crippen LogP contribution in [0.25, 0.3) is 10.9 Å². The Morgan fingerprint density at radius 2 is 1.97 bits per heavy atom. The maximum Gasteiger partial charge on any atom is 0.335 e. The third-order valence-electron chi connectivity index (χ3n) is 6.13. The van der Waals surface area contributed by atoms with Crippen molar-refractivity contribution in [3.63, 3.8) is 0 Å². The van der Waals surface area contributed by atoms with Gasteiger partial charge in [-0.2, -0.15) is 0 Å². The molecule has 3 aromatic rings. The van der Waals surface area contributed by atoms with Crippen LogP contribution >= 0.6 is 11.8 Å². The highest BCUT2D eigenvalue weighted by Crippen LogP contribution is 2.31. The van der Waals surface area contributed by atoms with Crippen LogP contribution in [-0.4, -0.2) is 45.9 Å². The monoisotopic (exact) mass is 440 g/mol. The van der Waals surface area contributed by atoms with Gasteiger partial charge in [0.25, 0.3) is 0 Å². The van der Waals surface area contributed by atoms with Crippen molar-refractivity contribution in [3.05, 3.63) is 65.6 Å². The summed E-state index contributed by atoms with van der Waals surface area (Å²) < 4.78 is 16.1. The summed E-state index contributed by atoms with van der Waals surface area (Å²) in [6.45, 7) is 5.39. The van der Waals surface area contributed by atoms with E-state index < -0.39 is 5.97 Å². The molecule has 1 aliphatic rings. The molecule has 2 heterocycles. The van der Waals surface area contributed by atoms with Crippen LogP contribution in [0.5, 0.6) is 0 Å². The first-order valence-electron chi connectivity index (χ1n) is 11.0. The second kappa shape index (κ2) is 9.88. The fourth-order valence-corrected chi connectivity index (χ4v) is 5.46. The molecule has 2 aromatic carbocycles. The summed E-state index contributed by atoms with van der Waals surface area (Å²) in [5, 5.41) is 10.1. The molecule has 4 nitrogen and oxygen atoms in total. The van der Waals surface area contributed by atoms with E-state index in [2.05, 4.69) is 22.5 Å². The number of halogens is 1. The van der Waals surface area contributed by atoms with E-state index in [0.717, 1.165) is 66.9 Å². The molecule has 0 aliphatic carbocycles. The van der Waals surface area contributed by atoms with Crippen LogP contribution in [0.15, 0.2) is 53.4 Å². The van der Waals surface area contributed by atoms with Crippen molar-refractivity contribution in [3.8, 4) is 0 Å². The molecule has 0 atom stereocenters. The van der Waals surface area contributed by atoms with E-state index >= 15 is 0 Å². The molecule has 0 bridgehead atoms. The second-order valence-electron chi connectivity index (χ2n) is 8.17. The molecule has 0 radical (unpaired) electrons. The minimum absolute atomic E-state index is 0.172. The van der Waals surface area contributed by atoms with Crippen LogP contribution < -0.4 is 0 Å². The highest BCUT2D eigenvalue weighted by Gasteiger charge is 2.23. The first kappa shape index (κ1) is 21.9. The maximum absolute atomic E-state index is 13.6. The average molecular weight is 441 g/mol. The van der Waals surface area contributed by atoms with Crippen LogP contribution in [0.2, 0.25) is 0 Å². The topological polar surface area (TPSA) is 45.5 Å². The smallest absolute Gasteiger partial charge is 0.335 e. The minimum atomic E-state index is -0.878. The van der Waals surface area contributed by atoms with Crippen molar-refractivity contribution < 1.29 is 14.3 Å². The highest BCUT2D eigenvalue weighted by molar-refractivity contribution is 7.99. The van der Waals surface area contributed by atoms with E-state index in [1.54, 1.807) is 42.1 Å². The molecule has 6 heteroatoms. The number of hydrogen-bond acceptors (Lipinski definition) is 3. The van der Waals surface area contributed by atoms with Crippen LogP contribution in [-0.2, 0) is 6.42 Å². The molecule has 1 saturated heterocycles. The van der Waals surface area contributed by atoms with Gasteiger partial charge in [-0.3, -0.25) is 0 Å². The average Bonchev–Trinajstić information content (AvgIpc) is 3.15. The van der Waals surface area contributed by atoms with Crippen molar-refractivity contribution in [2.75, 3.05) is 25.4 Å². The zero-order valence-corrected chi connectivity index (χ0v) is 18.7. The number of aromatic nitrogens is 1. The Labute approximate surface area is 187 Å². The Morgan fingerprint density at radius 1 is 1.16 bits per heavy atom. The predicted molar refractivity (Wildman–Crippen MR) is 125 cm³/mol. The normalized spacial score (nSPS) is 15.5. The lowest BCUT2D eigenvalue weighted by atomic mass is 10.0.